The van der Waals surface area contributed by atoms with Crippen LogP contribution in [0.25, 0.3) is 0 Å². The highest BCUT2D eigenvalue weighted by Gasteiger charge is 2.25. The first-order chi connectivity index (χ1) is 8.16. The van der Waals surface area contributed by atoms with Gasteiger partial charge in [0.1, 0.15) is 5.69 Å². The number of nitrogens with zero attached hydrogens (tertiary/aromatic N) is 1. The zero-order valence-electron chi connectivity index (χ0n) is 9.35. The molecule has 0 aliphatic heterocycles. The molecule has 2 rings (SSSR count). The van der Waals surface area contributed by atoms with Gasteiger partial charge in [-0.3, -0.25) is 9.59 Å². The van der Waals surface area contributed by atoms with E-state index in [0.29, 0.717) is 6.54 Å². The van der Waals surface area contributed by atoms with Crippen molar-refractivity contribution in [3.8, 4) is 0 Å². The molecule has 2 unspecified atom stereocenters. The van der Waals surface area contributed by atoms with Crippen LogP contribution in [0.1, 0.15) is 29.8 Å². The average molecular weight is 237 g/mol. The Hall–Kier alpha value is -1.69. The summed E-state index contributed by atoms with van der Waals surface area (Å²) < 4.78 is 0. The maximum atomic E-state index is 11.6. The molecule has 3 N–H and O–H groups in total. The van der Waals surface area contributed by atoms with Crippen molar-refractivity contribution in [1.29, 1.82) is 0 Å². The molecule has 0 saturated heterocycles. The fourth-order valence-electron chi connectivity index (χ4n) is 2.04. The van der Waals surface area contributed by atoms with Crippen LogP contribution in [-0.2, 0) is 0 Å². The van der Waals surface area contributed by atoms with Crippen LogP contribution in [0.5, 0.6) is 0 Å². The Kier molecular flexibility index (Phi) is 3.53. The normalized spacial score (nSPS) is 23.6. The fraction of sp³-hybridized carbons (Fsp3) is 0.545. The Bertz CT molecular complexity index is 437. The summed E-state index contributed by atoms with van der Waals surface area (Å²) in [6.45, 7) is 0.445. The van der Waals surface area contributed by atoms with Gasteiger partial charge in [0.25, 0.3) is 11.5 Å². The van der Waals surface area contributed by atoms with E-state index in [0.717, 1.165) is 19.3 Å². The predicted molar refractivity (Wildman–Crippen MR) is 60.5 cm³/mol. The van der Waals surface area contributed by atoms with E-state index in [4.69, 9.17) is 0 Å². The first-order valence-electron chi connectivity index (χ1n) is 5.69. The van der Waals surface area contributed by atoms with Gasteiger partial charge in [0.05, 0.1) is 6.10 Å². The van der Waals surface area contributed by atoms with Crippen molar-refractivity contribution in [3.05, 3.63) is 28.2 Å². The number of amides is 1. The Labute approximate surface area is 98.1 Å². The molecule has 1 aromatic heterocycles. The standard InChI is InChI=1S/C11H15N3O3/c15-9-3-1-2-7(9)6-12-11(17)8-4-5-10(16)14-13-8/h4-5,7,9,15H,1-3,6H2,(H,12,17)(H,14,16). The Morgan fingerprint density at radius 1 is 1.53 bits per heavy atom. The highest BCUT2D eigenvalue weighted by Crippen LogP contribution is 2.24. The molecule has 1 fully saturated rings. The van der Waals surface area contributed by atoms with E-state index >= 15 is 0 Å². The Balaban J connectivity index is 1.89. The zero-order chi connectivity index (χ0) is 12.3. The number of carbonyl (C=O) groups is 1. The minimum Gasteiger partial charge on any atom is -0.393 e. The van der Waals surface area contributed by atoms with Gasteiger partial charge in [-0.2, -0.15) is 5.10 Å². The number of aromatic nitrogens is 2. The largest absolute Gasteiger partial charge is 0.393 e. The number of H-pyrrole nitrogens is 1. The van der Waals surface area contributed by atoms with Crippen LogP contribution < -0.4 is 10.9 Å². The van der Waals surface area contributed by atoms with Crippen molar-refractivity contribution in [2.75, 3.05) is 6.54 Å². The van der Waals surface area contributed by atoms with Crippen molar-refractivity contribution in [2.24, 2.45) is 5.92 Å². The third-order valence-corrected chi connectivity index (χ3v) is 3.06. The van der Waals surface area contributed by atoms with E-state index in [1.54, 1.807) is 0 Å². The van der Waals surface area contributed by atoms with E-state index in [1.807, 2.05) is 0 Å². The zero-order valence-corrected chi connectivity index (χ0v) is 9.35. The highest BCUT2D eigenvalue weighted by molar-refractivity contribution is 5.91. The summed E-state index contributed by atoms with van der Waals surface area (Å²) in [5, 5.41) is 18.1. The van der Waals surface area contributed by atoms with E-state index in [1.165, 1.54) is 12.1 Å². The third-order valence-electron chi connectivity index (χ3n) is 3.06. The van der Waals surface area contributed by atoms with Gasteiger partial charge in [0.2, 0.25) is 0 Å². The van der Waals surface area contributed by atoms with Crippen LogP contribution in [0.2, 0.25) is 0 Å². The smallest absolute Gasteiger partial charge is 0.271 e. The van der Waals surface area contributed by atoms with E-state index in [2.05, 4.69) is 15.5 Å². The topological polar surface area (TPSA) is 95.1 Å². The molecule has 92 valence electrons. The second-order valence-electron chi connectivity index (χ2n) is 4.27. The van der Waals surface area contributed by atoms with Crippen molar-refractivity contribution in [3.63, 3.8) is 0 Å². The Morgan fingerprint density at radius 3 is 2.94 bits per heavy atom. The lowest BCUT2D eigenvalue weighted by Crippen LogP contribution is -2.33. The van der Waals surface area contributed by atoms with Gasteiger partial charge in [-0.15, -0.1) is 0 Å². The van der Waals surface area contributed by atoms with Crippen LogP contribution in [0.3, 0.4) is 0 Å². The number of hydrogen-bond acceptors (Lipinski definition) is 4. The third kappa shape index (κ3) is 2.91. The summed E-state index contributed by atoms with van der Waals surface area (Å²) in [7, 11) is 0. The van der Waals surface area contributed by atoms with Gasteiger partial charge in [-0.05, 0) is 18.9 Å². The lowest BCUT2D eigenvalue weighted by atomic mass is 10.1. The molecule has 1 amide bonds. The molecule has 17 heavy (non-hydrogen) atoms. The SMILES string of the molecule is O=C(NCC1CCCC1O)c1ccc(=O)[nH]n1. The van der Waals surface area contributed by atoms with Crippen molar-refractivity contribution in [1.82, 2.24) is 15.5 Å². The van der Waals surface area contributed by atoms with Crippen LogP contribution in [0.15, 0.2) is 16.9 Å². The molecule has 6 nitrogen and oxygen atoms in total. The molecule has 2 atom stereocenters. The number of rotatable bonds is 3. The van der Waals surface area contributed by atoms with Gasteiger partial charge in [-0.25, -0.2) is 5.10 Å². The quantitative estimate of drug-likeness (QED) is 0.670. The summed E-state index contributed by atoms with van der Waals surface area (Å²) in [6.07, 6.45) is 2.41. The summed E-state index contributed by atoms with van der Waals surface area (Å²) in [5.74, 6) is -0.206. The molecule has 1 aromatic rings. The molecular formula is C11H15N3O3. The van der Waals surface area contributed by atoms with Crippen molar-refractivity contribution < 1.29 is 9.90 Å². The monoisotopic (exact) mass is 237 g/mol. The van der Waals surface area contributed by atoms with Crippen LogP contribution in [0.4, 0.5) is 0 Å². The molecule has 1 saturated carbocycles. The number of aliphatic hydroxyl groups excluding tert-OH is 1. The van der Waals surface area contributed by atoms with Gasteiger partial charge in [-0.1, -0.05) is 6.42 Å². The number of nitrogens with one attached hydrogen (secondary N) is 2. The molecule has 0 bridgehead atoms. The van der Waals surface area contributed by atoms with Gasteiger partial charge in [0.15, 0.2) is 0 Å². The number of aliphatic hydroxyl groups is 1. The maximum absolute atomic E-state index is 11.6. The first-order valence-corrected chi connectivity index (χ1v) is 5.69. The lowest BCUT2D eigenvalue weighted by molar-refractivity contribution is 0.0911. The van der Waals surface area contributed by atoms with Crippen LogP contribution in [-0.4, -0.2) is 33.9 Å². The maximum Gasteiger partial charge on any atom is 0.271 e. The van der Waals surface area contributed by atoms with E-state index in [9.17, 15) is 14.7 Å². The number of aromatic amines is 1. The van der Waals surface area contributed by atoms with E-state index < -0.39 is 0 Å². The fourth-order valence-corrected chi connectivity index (χ4v) is 2.04. The van der Waals surface area contributed by atoms with Crippen molar-refractivity contribution >= 4 is 5.91 Å². The lowest BCUT2D eigenvalue weighted by Gasteiger charge is -2.14. The second kappa shape index (κ2) is 5.09. The second-order valence-corrected chi connectivity index (χ2v) is 4.27. The summed E-state index contributed by atoms with van der Waals surface area (Å²) in [4.78, 5) is 22.4. The molecule has 0 radical (unpaired) electrons. The van der Waals surface area contributed by atoms with Crippen molar-refractivity contribution in [2.45, 2.75) is 25.4 Å². The highest BCUT2D eigenvalue weighted by atomic mass is 16.3. The average Bonchev–Trinajstić information content (AvgIpc) is 2.73. The number of hydrogen-bond donors (Lipinski definition) is 3. The molecule has 0 spiro atoms. The molecular weight excluding hydrogens is 222 g/mol. The van der Waals surface area contributed by atoms with Gasteiger partial charge < -0.3 is 10.4 Å². The summed E-state index contributed by atoms with van der Waals surface area (Å²) >= 11 is 0. The number of carbonyl (C=O) groups excluding carboxylic acids is 1. The predicted octanol–water partition coefficient (Wildman–Crippen LogP) is -0.339. The minimum absolute atomic E-state index is 0.127. The first kappa shape index (κ1) is 11.8. The summed E-state index contributed by atoms with van der Waals surface area (Å²) in [5.41, 5.74) is -0.162. The minimum atomic E-state index is -0.340. The molecule has 6 heteroatoms. The molecule has 1 aliphatic rings. The van der Waals surface area contributed by atoms with Gasteiger partial charge >= 0.3 is 0 Å². The molecule has 1 aliphatic carbocycles. The van der Waals surface area contributed by atoms with Gasteiger partial charge in [0, 0.05) is 18.5 Å². The van der Waals surface area contributed by atoms with E-state index in [-0.39, 0.29) is 29.2 Å². The van der Waals surface area contributed by atoms with Crippen LogP contribution >= 0.6 is 0 Å². The molecule has 1 heterocycles. The summed E-state index contributed by atoms with van der Waals surface area (Å²) in [6, 6.07) is 2.63. The van der Waals surface area contributed by atoms with Crippen LogP contribution in [0, 0.1) is 5.92 Å². The molecule has 0 aromatic carbocycles. The Morgan fingerprint density at radius 2 is 2.35 bits per heavy atom.